The summed E-state index contributed by atoms with van der Waals surface area (Å²) < 4.78 is 9.86. The van der Waals surface area contributed by atoms with Gasteiger partial charge in [0.2, 0.25) is 5.95 Å². The summed E-state index contributed by atoms with van der Waals surface area (Å²) in [7, 11) is 0. The molecule has 0 unspecified atom stereocenters. The maximum absolute atomic E-state index is 5.58. The van der Waals surface area contributed by atoms with Crippen LogP contribution < -0.4 is 0 Å². The van der Waals surface area contributed by atoms with Gasteiger partial charge >= 0.3 is 0 Å². The molecule has 4 nitrogen and oxygen atoms in total. The molecule has 0 N–H and O–H groups in total. The number of para-hydroxylation sites is 3. The summed E-state index contributed by atoms with van der Waals surface area (Å²) in [6.45, 7) is 0. The summed E-state index contributed by atoms with van der Waals surface area (Å²) in [4.78, 5) is 11.0. The van der Waals surface area contributed by atoms with Gasteiger partial charge in [0.25, 0.3) is 0 Å². The molecule has 6 heteroatoms. The molecular weight excluding hydrogens is 793 g/mol. The van der Waals surface area contributed by atoms with Crippen LogP contribution in [0.15, 0.2) is 194 Å². The van der Waals surface area contributed by atoms with Crippen LogP contribution in [-0.4, -0.2) is 19.1 Å². The lowest BCUT2D eigenvalue weighted by atomic mass is 10.00. The predicted octanol–water partition coefficient (Wildman–Crippen LogP) is 15.9. The highest BCUT2D eigenvalue weighted by molar-refractivity contribution is 7.27. The van der Waals surface area contributed by atoms with Crippen LogP contribution >= 0.6 is 22.7 Å². The Hall–Kier alpha value is -7.64. The first-order valence-corrected chi connectivity index (χ1v) is 22.5. The van der Waals surface area contributed by atoms with E-state index in [2.05, 4.69) is 203 Å². The maximum atomic E-state index is 5.58. The van der Waals surface area contributed by atoms with E-state index < -0.39 is 0 Å². The smallest absolute Gasteiger partial charge is 0.235 e. The maximum Gasteiger partial charge on any atom is 0.235 e. The van der Waals surface area contributed by atoms with Crippen LogP contribution in [0.25, 0.3) is 129 Å². The fraction of sp³-hybridized carbons (Fsp3) is 0. The van der Waals surface area contributed by atoms with Gasteiger partial charge in [0.15, 0.2) is 0 Å². The van der Waals surface area contributed by atoms with Crippen molar-refractivity contribution < 1.29 is 0 Å². The van der Waals surface area contributed by atoms with E-state index in [0.717, 1.165) is 44.4 Å². The van der Waals surface area contributed by atoms with E-state index in [9.17, 15) is 0 Å². The van der Waals surface area contributed by atoms with Gasteiger partial charge in [0.1, 0.15) is 0 Å². The molecule has 0 aliphatic carbocycles. The Balaban J connectivity index is 1.04. The largest absolute Gasteiger partial charge is 0.309 e. The van der Waals surface area contributed by atoms with Crippen LogP contribution in [0.4, 0.5) is 0 Å². The van der Waals surface area contributed by atoms with E-state index in [1.54, 1.807) is 0 Å². The fourth-order valence-electron chi connectivity index (χ4n) is 10.0. The molecule has 0 spiro atoms. The van der Waals surface area contributed by atoms with Crippen molar-refractivity contribution in [2.24, 2.45) is 0 Å². The van der Waals surface area contributed by atoms with Gasteiger partial charge in [0, 0.05) is 78.5 Å². The lowest BCUT2D eigenvalue weighted by molar-refractivity contribution is 1.01. The Bertz CT molecular complexity index is 4170. The van der Waals surface area contributed by atoms with E-state index >= 15 is 0 Å². The Morgan fingerprint density at radius 1 is 0.355 bits per heavy atom. The van der Waals surface area contributed by atoms with Crippen molar-refractivity contribution in [3.05, 3.63) is 194 Å². The van der Waals surface area contributed by atoms with Crippen LogP contribution in [0, 0.1) is 0 Å². The van der Waals surface area contributed by atoms with Gasteiger partial charge in [-0.2, -0.15) is 0 Å². The van der Waals surface area contributed by atoms with Crippen molar-refractivity contribution in [1.82, 2.24) is 19.1 Å². The number of aromatic nitrogens is 4. The quantitative estimate of drug-likeness (QED) is 0.177. The number of benzene rings is 9. The van der Waals surface area contributed by atoms with Crippen LogP contribution in [-0.2, 0) is 0 Å². The first-order chi connectivity index (χ1) is 30.7. The third-order valence-electron chi connectivity index (χ3n) is 12.7. The van der Waals surface area contributed by atoms with Crippen molar-refractivity contribution >= 4 is 118 Å². The average Bonchev–Trinajstić information content (AvgIpc) is 4.09. The summed E-state index contributed by atoms with van der Waals surface area (Å²) in [5, 5.41) is 11.0. The summed E-state index contributed by atoms with van der Waals surface area (Å²) in [6, 6.07) is 70.4. The molecule has 14 aromatic rings. The molecule has 288 valence electrons. The van der Waals surface area contributed by atoms with Crippen molar-refractivity contribution in [2.75, 3.05) is 0 Å². The number of nitrogens with zero attached hydrogens (tertiary/aromatic N) is 4. The monoisotopic (exact) mass is 824 g/mol. The minimum Gasteiger partial charge on any atom is -0.309 e. The van der Waals surface area contributed by atoms with Crippen LogP contribution in [0.3, 0.4) is 0 Å². The topological polar surface area (TPSA) is 35.6 Å². The molecule has 14 rings (SSSR count). The lowest BCUT2D eigenvalue weighted by Crippen LogP contribution is -2.03. The summed E-state index contributed by atoms with van der Waals surface area (Å²) >= 11 is 3.75. The minimum atomic E-state index is 0.658. The van der Waals surface area contributed by atoms with Crippen LogP contribution in [0.1, 0.15) is 0 Å². The van der Waals surface area contributed by atoms with Gasteiger partial charge in [0.05, 0.1) is 33.3 Å². The van der Waals surface area contributed by atoms with E-state index in [-0.39, 0.29) is 0 Å². The van der Waals surface area contributed by atoms with Gasteiger partial charge in [-0.25, -0.2) is 9.97 Å². The minimum absolute atomic E-state index is 0.658. The van der Waals surface area contributed by atoms with Gasteiger partial charge in [-0.3, -0.25) is 4.57 Å². The number of thiophene rings is 2. The molecule has 0 saturated carbocycles. The average molecular weight is 825 g/mol. The van der Waals surface area contributed by atoms with E-state index in [0.29, 0.717) is 5.95 Å². The number of hydrogen-bond acceptors (Lipinski definition) is 4. The fourth-order valence-corrected chi connectivity index (χ4v) is 12.5. The zero-order valence-corrected chi connectivity index (χ0v) is 34.7. The van der Waals surface area contributed by atoms with E-state index in [1.165, 1.54) is 78.5 Å². The lowest BCUT2D eigenvalue weighted by Gasteiger charge is -2.12. The SMILES string of the molecule is c1ccc(-n2c3ccccc3c3cc(-c4nc(-n5c6ccc(-c7cccc8c7sc7ccccc78)cc6c6c7sc8ccccc8c7ccc65)nc5ccccc45)ccc32)cc1. The second-order valence-corrected chi connectivity index (χ2v) is 18.2. The van der Waals surface area contributed by atoms with Gasteiger partial charge in [-0.15, -0.1) is 22.7 Å². The third-order valence-corrected chi connectivity index (χ3v) is 15.2. The van der Waals surface area contributed by atoms with Gasteiger partial charge in [-0.05, 0) is 77.9 Å². The predicted molar refractivity (Wildman–Crippen MR) is 265 cm³/mol. The zero-order chi connectivity index (χ0) is 40.5. The van der Waals surface area contributed by atoms with Crippen LogP contribution in [0.5, 0.6) is 0 Å². The summed E-state index contributed by atoms with van der Waals surface area (Å²) in [5.74, 6) is 0.658. The molecule has 5 heterocycles. The summed E-state index contributed by atoms with van der Waals surface area (Å²) in [6.07, 6.45) is 0. The van der Waals surface area contributed by atoms with Crippen molar-refractivity contribution in [3.63, 3.8) is 0 Å². The van der Waals surface area contributed by atoms with Crippen molar-refractivity contribution in [3.8, 4) is 34.0 Å². The molecule has 0 aliphatic rings. The molecule has 62 heavy (non-hydrogen) atoms. The highest BCUT2D eigenvalue weighted by Crippen LogP contribution is 2.46. The van der Waals surface area contributed by atoms with Gasteiger partial charge < -0.3 is 4.57 Å². The van der Waals surface area contributed by atoms with Crippen molar-refractivity contribution in [2.45, 2.75) is 0 Å². The Morgan fingerprint density at radius 2 is 0.952 bits per heavy atom. The first kappa shape index (κ1) is 34.1. The van der Waals surface area contributed by atoms with E-state index in [4.69, 9.17) is 9.97 Å². The molecule has 0 fully saturated rings. The molecule has 9 aromatic carbocycles. The third kappa shape index (κ3) is 4.82. The van der Waals surface area contributed by atoms with E-state index in [1.807, 2.05) is 22.7 Å². The summed E-state index contributed by atoms with van der Waals surface area (Å²) in [5.41, 5.74) is 11.0. The number of hydrogen-bond donors (Lipinski definition) is 0. The number of rotatable bonds is 4. The second-order valence-electron chi connectivity index (χ2n) is 16.1. The molecule has 0 radical (unpaired) electrons. The molecule has 0 amide bonds. The zero-order valence-electron chi connectivity index (χ0n) is 33.1. The Labute approximate surface area is 362 Å². The van der Waals surface area contributed by atoms with Crippen molar-refractivity contribution in [1.29, 1.82) is 0 Å². The highest BCUT2D eigenvalue weighted by Gasteiger charge is 2.22. The Morgan fingerprint density at radius 3 is 1.77 bits per heavy atom. The number of fused-ring (bicyclic) bond motifs is 14. The standard InChI is InChI=1S/C56H32N4S2/c1-2-13-35(14-3-1)59-46-22-9-5-15-37(46)43-32-34(26-29-47(43)59)53-42-18-4-8-21-45(42)57-56(58-53)60-48-28-25-33(36-19-12-20-40-38-16-6-10-23-50(38)61-54(36)40)31-44(48)52-49(60)30-27-41-39-17-7-11-24-51(39)62-55(41)52/h1-32H. The molecular formula is C56H32N4S2. The molecule has 0 saturated heterocycles. The Kier molecular flexibility index (Phi) is 7.11. The normalized spacial score (nSPS) is 12.2. The molecule has 5 aromatic heterocycles. The molecule has 0 atom stereocenters. The first-order valence-electron chi connectivity index (χ1n) is 20.9. The van der Waals surface area contributed by atoms with Crippen LogP contribution in [0.2, 0.25) is 0 Å². The second kappa shape index (κ2) is 12.9. The molecule has 0 aliphatic heterocycles. The molecule has 0 bridgehead atoms. The van der Waals surface area contributed by atoms with Gasteiger partial charge in [-0.1, -0.05) is 127 Å². The highest BCUT2D eigenvalue weighted by atomic mass is 32.1.